The zero-order valence-electron chi connectivity index (χ0n) is 15.2. The van der Waals surface area contributed by atoms with Gasteiger partial charge in [-0.25, -0.2) is 4.39 Å². The van der Waals surface area contributed by atoms with Crippen molar-refractivity contribution in [2.75, 3.05) is 10.2 Å². The number of carbonyl (C=O) groups excluding carboxylic acids is 2. The van der Waals surface area contributed by atoms with E-state index in [-0.39, 0.29) is 11.6 Å². The summed E-state index contributed by atoms with van der Waals surface area (Å²) in [7, 11) is 0. The number of benzene rings is 2. The van der Waals surface area contributed by atoms with E-state index in [1.807, 2.05) is 24.3 Å². The van der Waals surface area contributed by atoms with Crippen LogP contribution in [-0.2, 0) is 16.0 Å². The molecule has 146 valence electrons. The van der Waals surface area contributed by atoms with Gasteiger partial charge in [0, 0.05) is 5.69 Å². The second-order valence-electron chi connectivity index (χ2n) is 7.54. The van der Waals surface area contributed by atoms with Gasteiger partial charge in [-0.05, 0) is 49.9 Å². The van der Waals surface area contributed by atoms with E-state index in [1.165, 1.54) is 17.0 Å². The van der Waals surface area contributed by atoms with Crippen molar-refractivity contribution < 1.29 is 14.0 Å². The van der Waals surface area contributed by atoms with Gasteiger partial charge < -0.3 is 5.32 Å². The Hall–Kier alpha value is -2.11. The summed E-state index contributed by atoms with van der Waals surface area (Å²) < 4.78 is 12.8. The molecule has 1 heterocycles. The molecule has 2 amide bonds. The standard InChI is InChI=1S/C21H19Cl2FN2O2/c1-20(12-21(20,22)23)19(28)26-16-9-5-2-6-13(16)10-11-17(26)18(27)25-15-8-4-3-7-14(15)24/h2-9,17H,10-12H2,1H3,(H,25,27)/t17-,20+/m1/s1. The van der Waals surface area contributed by atoms with Crippen LogP contribution in [0.1, 0.15) is 25.3 Å². The van der Waals surface area contributed by atoms with Gasteiger partial charge in [0.25, 0.3) is 0 Å². The molecule has 0 spiro atoms. The molecule has 1 N–H and O–H groups in total. The third-order valence-corrected chi connectivity index (χ3v) is 6.73. The van der Waals surface area contributed by atoms with Gasteiger partial charge in [0.1, 0.15) is 16.2 Å². The van der Waals surface area contributed by atoms with Crippen molar-refractivity contribution >= 4 is 46.4 Å². The Morgan fingerprint density at radius 1 is 1.14 bits per heavy atom. The average molecular weight is 421 g/mol. The number of para-hydroxylation sites is 2. The van der Waals surface area contributed by atoms with E-state index in [4.69, 9.17) is 23.2 Å². The number of amides is 2. The number of hydrogen-bond acceptors (Lipinski definition) is 2. The topological polar surface area (TPSA) is 49.4 Å². The first-order chi connectivity index (χ1) is 13.2. The zero-order chi connectivity index (χ0) is 20.1. The Morgan fingerprint density at radius 3 is 2.46 bits per heavy atom. The fourth-order valence-corrected chi connectivity index (χ4v) is 4.42. The van der Waals surface area contributed by atoms with Gasteiger partial charge >= 0.3 is 0 Å². The molecule has 1 aliphatic heterocycles. The maximum absolute atomic E-state index is 14.0. The number of fused-ring (bicyclic) bond motifs is 1. The molecule has 7 heteroatoms. The van der Waals surface area contributed by atoms with Crippen molar-refractivity contribution in [3.63, 3.8) is 0 Å². The first-order valence-electron chi connectivity index (χ1n) is 9.09. The molecular formula is C21H19Cl2FN2O2. The summed E-state index contributed by atoms with van der Waals surface area (Å²) in [6.45, 7) is 1.71. The lowest BCUT2D eigenvalue weighted by atomic mass is 9.93. The molecule has 2 aromatic carbocycles. The molecule has 0 radical (unpaired) electrons. The monoisotopic (exact) mass is 420 g/mol. The highest BCUT2D eigenvalue weighted by Crippen LogP contribution is 2.65. The summed E-state index contributed by atoms with van der Waals surface area (Å²) in [5, 5.41) is 2.61. The van der Waals surface area contributed by atoms with Crippen molar-refractivity contribution in [1.82, 2.24) is 0 Å². The van der Waals surface area contributed by atoms with Gasteiger partial charge in [-0.2, -0.15) is 0 Å². The number of alkyl halides is 2. The van der Waals surface area contributed by atoms with Crippen molar-refractivity contribution in [3.05, 3.63) is 59.9 Å². The zero-order valence-corrected chi connectivity index (χ0v) is 16.7. The smallest absolute Gasteiger partial charge is 0.247 e. The fraction of sp³-hybridized carbons (Fsp3) is 0.333. The summed E-state index contributed by atoms with van der Waals surface area (Å²) in [5.41, 5.74) is 0.770. The summed E-state index contributed by atoms with van der Waals surface area (Å²) in [6, 6.07) is 12.6. The third-order valence-electron chi connectivity index (χ3n) is 5.63. The molecule has 2 aromatic rings. The predicted octanol–water partition coefficient (Wildman–Crippen LogP) is 4.70. The lowest BCUT2D eigenvalue weighted by Gasteiger charge is -2.38. The molecule has 4 rings (SSSR count). The Balaban J connectivity index is 1.69. The van der Waals surface area contributed by atoms with Gasteiger partial charge in [-0.3, -0.25) is 14.5 Å². The van der Waals surface area contributed by atoms with Crippen LogP contribution in [0.5, 0.6) is 0 Å². The molecule has 1 aliphatic carbocycles. The van der Waals surface area contributed by atoms with Gasteiger partial charge in [0.05, 0.1) is 11.1 Å². The highest BCUT2D eigenvalue weighted by atomic mass is 35.5. The Morgan fingerprint density at radius 2 is 1.79 bits per heavy atom. The minimum atomic E-state index is -1.15. The van der Waals surface area contributed by atoms with Crippen LogP contribution in [0, 0.1) is 11.2 Å². The SMILES string of the molecule is C[C@@]1(C(=O)N2c3ccccc3CC[C@@H]2C(=O)Nc2ccccc2F)CC1(Cl)Cl. The molecule has 0 unspecified atom stereocenters. The van der Waals surface area contributed by atoms with Crippen molar-refractivity contribution in [1.29, 1.82) is 0 Å². The number of rotatable bonds is 3. The molecule has 1 fully saturated rings. The van der Waals surface area contributed by atoms with E-state index < -0.39 is 27.5 Å². The molecule has 4 nitrogen and oxygen atoms in total. The van der Waals surface area contributed by atoms with Crippen LogP contribution in [0.25, 0.3) is 0 Å². The van der Waals surface area contributed by atoms with E-state index in [9.17, 15) is 14.0 Å². The number of halogens is 3. The molecule has 0 aromatic heterocycles. The van der Waals surface area contributed by atoms with E-state index >= 15 is 0 Å². The molecule has 2 aliphatic rings. The maximum Gasteiger partial charge on any atom is 0.247 e. The van der Waals surface area contributed by atoms with E-state index in [2.05, 4.69) is 5.32 Å². The molecular weight excluding hydrogens is 402 g/mol. The van der Waals surface area contributed by atoms with E-state index in [0.29, 0.717) is 24.9 Å². The van der Waals surface area contributed by atoms with Crippen molar-refractivity contribution in [3.8, 4) is 0 Å². The Bertz CT molecular complexity index is 965. The van der Waals surface area contributed by atoms with Crippen LogP contribution >= 0.6 is 23.2 Å². The Kier molecular flexibility index (Phi) is 4.63. The molecule has 0 saturated heterocycles. The average Bonchev–Trinajstić information content (AvgIpc) is 3.21. The second-order valence-corrected chi connectivity index (χ2v) is 9.02. The third kappa shape index (κ3) is 3.07. The highest BCUT2D eigenvalue weighted by molar-refractivity contribution is 6.53. The summed E-state index contributed by atoms with van der Waals surface area (Å²) in [5.74, 6) is -1.26. The largest absolute Gasteiger partial charge is 0.322 e. The van der Waals surface area contributed by atoms with Crippen molar-refractivity contribution in [2.45, 2.75) is 36.6 Å². The number of nitrogens with zero attached hydrogens (tertiary/aromatic N) is 1. The first kappa shape index (κ1) is 19.2. The lowest BCUT2D eigenvalue weighted by molar-refractivity contribution is -0.127. The molecule has 2 atom stereocenters. The maximum atomic E-state index is 14.0. The molecule has 0 bridgehead atoms. The van der Waals surface area contributed by atoms with Gasteiger partial charge in [0.2, 0.25) is 11.8 Å². The van der Waals surface area contributed by atoms with Crippen LogP contribution < -0.4 is 10.2 Å². The van der Waals surface area contributed by atoms with Crippen LogP contribution in [0.4, 0.5) is 15.8 Å². The Labute approximate surface area is 172 Å². The van der Waals surface area contributed by atoms with Crippen LogP contribution in [0.15, 0.2) is 48.5 Å². The van der Waals surface area contributed by atoms with Gasteiger partial charge in [-0.15, -0.1) is 23.2 Å². The van der Waals surface area contributed by atoms with E-state index in [1.54, 1.807) is 19.1 Å². The summed E-state index contributed by atoms with van der Waals surface area (Å²) >= 11 is 12.5. The first-order valence-corrected chi connectivity index (χ1v) is 9.85. The van der Waals surface area contributed by atoms with Gasteiger partial charge in [-0.1, -0.05) is 30.3 Å². The van der Waals surface area contributed by atoms with Crippen LogP contribution in [-0.4, -0.2) is 22.2 Å². The predicted molar refractivity (Wildman–Crippen MR) is 108 cm³/mol. The number of carbonyl (C=O) groups is 2. The fourth-order valence-electron chi connectivity index (χ4n) is 3.72. The van der Waals surface area contributed by atoms with Crippen molar-refractivity contribution in [2.24, 2.45) is 5.41 Å². The van der Waals surface area contributed by atoms with Crippen LogP contribution in [0.3, 0.4) is 0 Å². The molecule has 1 saturated carbocycles. The number of anilines is 2. The number of hydrogen-bond donors (Lipinski definition) is 1. The van der Waals surface area contributed by atoms with Crippen LogP contribution in [0.2, 0.25) is 0 Å². The lowest BCUT2D eigenvalue weighted by Crippen LogP contribution is -2.53. The molecule has 28 heavy (non-hydrogen) atoms. The summed E-state index contributed by atoms with van der Waals surface area (Å²) in [6.07, 6.45) is 1.39. The number of nitrogens with one attached hydrogen (secondary N) is 1. The quantitative estimate of drug-likeness (QED) is 0.731. The number of aryl methyl sites for hydroxylation is 1. The minimum absolute atomic E-state index is 0.0837. The second kappa shape index (κ2) is 6.75. The normalized spacial score (nSPS) is 25.0. The van der Waals surface area contributed by atoms with Gasteiger partial charge in [0.15, 0.2) is 0 Å². The minimum Gasteiger partial charge on any atom is -0.322 e. The van der Waals surface area contributed by atoms with E-state index in [0.717, 1.165) is 5.56 Å². The summed E-state index contributed by atoms with van der Waals surface area (Å²) in [4.78, 5) is 27.9. The highest BCUT2D eigenvalue weighted by Gasteiger charge is 2.69.